The number of aromatic nitrogens is 4. The van der Waals surface area contributed by atoms with E-state index < -0.39 is 0 Å². The van der Waals surface area contributed by atoms with Crippen molar-refractivity contribution in [3.05, 3.63) is 42.7 Å². The fraction of sp³-hybridized carbons (Fsp3) is 0.421. The third-order valence-corrected chi connectivity index (χ3v) is 5.06. The Balaban J connectivity index is 1.64. The van der Waals surface area contributed by atoms with Crippen molar-refractivity contribution in [2.24, 2.45) is 5.92 Å². The molecule has 2 aromatic heterocycles. The maximum Gasteiger partial charge on any atom is 0.254 e. The molecule has 6 heteroatoms. The number of anilines is 1. The highest BCUT2D eigenvalue weighted by atomic mass is 15.4. The third kappa shape index (κ3) is 3.35. The van der Waals surface area contributed by atoms with E-state index in [1.165, 1.54) is 25.9 Å². The fourth-order valence-electron chi connectivity index (χ4n) is 3.55. The quantitative estimate of drug-likeness (QED) is 0.733. The van der Waals surface area contributed by atoms with E-state index in [9.17, 15) is 0 Å². The van der Waals surface area contributed by atoms with E-state index in [-0.39, 0.29) is 0 Å². The highest BCUT2D eigenvalue weighted by Gasteiger charge is 2.20. The molecule has 0 amide bonds. The van der Waals surface area contributed by atoms with Gasteiger partial charge in [0.15, 0.2) is 0 Å². The Labute approximate surface area is 148 Å². The van der Waals surface area contributed by atoms with Crippen LogP contribution in [0.25, 0.3) is 17.0 Å². The van der Waals surface area contributed by atoms with Crippen molar-refractivity contribution >= 4 is 11.6 Å². The molecule has 0 unspecified atom stereocenters. The van der Waals surface area contributed by atoms with E-state index in [0.29, 0.717) is 11.7 Å². The van der Waals surface area contributed by atoms with Crippen molar-refractivity contribution in [2.45, 2.75) is 12.8 Å². The summed E-state index contributed by atoms with van der Waals surface area (Å²) < 4.78 is 1.83. The van der Waals surface area contributed by atoms with E-state index in [1.807, 2.05) is 22.7 Å². The van der Waals surface area contributed by atoms with Gasteiger partial charge in [0, 0.05) is 25.2 Å². The number of nitrogens with zero attached hydrogens (tertiary/aromatic N) is 6. The molecule has 0 saturated carbocycles. The molecular formula is C19H24N6. The largest absolute Gasteiger partial charge is 0.359 e. The molecular weight excluding hydrogens is 312 g/mol. The highest BCUT2D eigenvalue weighted by molar-refractivity contribution is 5.65. The summed E-state index contributed by atoms with van der Waals surface area (Å²) in [5.74, 6) is 2.40. The summed E-state index contributed by atoms with van der Waals surface area (Å²) in [6.07, 6.45) is 4.07. The molecule has 3 aromatic rings. The van der Waals surface area contributed by atoms with Gasteiger partial charge in [-0.2, -0.15) is 14.6 Å². The van der Waals surface area contributed by atoms with Crippen LogP contribution in [-0.2, 0) is 0 Å². The van der Waals surface area contributed by atoms with Crippen molar-refractivity contribution in [1.82, 2.24) is 24.5 Å². The lowest BCUT2D eigenvalue weighted by Crippen LogP contribution is -2.36. The zero-order chi connectivity index (χ0) is 17.2. The Bertz CT molecular complexity index is 836. The van der Waals surface area contributed by atoms with E-state index in [0.717, 1.165) is 23.6 Å². The zero-order valence-corrected chi connectivity index (χ0v) is 14.8. The number of rotatable bonds is 4. The van der Waals surface area contributed by atoms with Crippen LogP contribution in [0.15, 0.2) is 42.7 Å². The summed E-state index contributed by atoms with van der Waals surface area (Å²) in [6, 6.07) is 12.4. The minimum Gasteiger partial charge on any atom is -0.359 e. The van der Waals surface area contributed by atoms with Gasteiger partial charge in [-0.05, 0) is 38.9 Å². The van der Waals surface area contributed by atoms with Crippen molar-refractivity contribution < 1.29 is 0 Å². The molecule has 1 saturated heterocycles. The first-order valence-electron chi connectivity index (χ1n) is 8.86. The Morgan fingerprint density at radius 2 is 1.92 bits per heavy atom. The van der Waals surface area contributed by atoms with Gasteiger partial charge in [0.2, 0.25) is 0 Å². The first-order valence-corrected chi connectivity index (χ1v) is 8.86. The van der Waals surface area contributed by atoms with Crippen LogP contribution in [0.4, 0.5) is 5.82 Å². The first-order chi connectivity index (χ1) is 12.2. The second-order valence-electron chi connectivity index (χ2n) is 6.96. The standard InChI is InChI=1S/C19H24N6/c1-23-10-8-15(9-11-23)13-24(2)18-12-17(16-6-4-3-5-7-16)22-19-20-14-21-25(18)19/h3-7,12,14-15H,8-11,13H2,1-2H3. The van der Waals surface area contributed by atoms with Gasteiger partial charge in [-0.15, -0.1) is 0 Å². The van der Waals surface area contributed by atoms with E-state index in [1.54, 1.807) is 6.33 Å². The SMILES string of the molecule is CN1CCC(CN(C)c2cc(-c3ccccc3)nc3ncnn23)CC1. The number of benzene rings is 1. The van der Waals surface area contributed by atoms with Gasteiger partial charge >= 0.3 is 0 Å². The number of fused-ring (bicyclic) bond motifs is 1. The molecule has 130 valence electrons. The maximum atomic E-state index is 4.66. The molecule has 0 N–H and O–H groups in total. The van der Waals surface area contributed by atoms with Crippen molar-refractivity contribution in [3.63, 3.8) is 0 Å². The van der Waals surface area contributed by atoms with E-state index in [2.05, 4.69) is 57.2 Å². The van der Waals surface area contributed by atoms with Crippen molar-refractivity contribution in [3.8, 4) is 11.3 Å². The van der Waals surface area contributed by atoms with Crippen LogP contribution < -0.4 is 4.90 Å². The Morgan fingerprint density at radius 3 is 2.68 bits per heavy atom. The summed E-state index contributed by atoms with van der Waals surface area (Å²) in [5.41, 5.74) is 2.04. The molecule has 0 spiro atoms. The van der Waals surface area contributed by atoms with Gasteiger partial charge in [0.05, 0.1) is 5.69 Å². The van der Waals surface area contributed by atoms with Gasteiger partial charge < -0.3 is 9.80 Å². The zero-order valence-electron chi connectivity index (χ0n) is 14.8. The number of hydrogen-bond acceptors (Lipinski definition) is 5. The van der Waals surface area contributed by atoms with Gasteiger partial charge in [-0.3, -0.25) is 0 Å². The maximum absolute atomic E-state index is 4.66. The highest BCUT2D eigenvalue weighted by Crippen LogP contribution is 2.25. The molecule has 6 nitrogen and oxygen atoms in total. The second-order valence-corrected chi connectivity index (χ2v) is 6.96. The lowest BCUT2D eigenvalue weighted by atomic mass is 9.97. The minimum atomic E-state index is 0.645. The molecule has 1 aliphatic rings. The molecule has 4 rings (SSSR count). The molecule has 1 aromatic carbocycles. The lowest BCUT2D eigenvalue weighted by molar-refractivity contribution is 0.222. The molecule has 0 atom stereocenters. The second kappa shape index (κ2) is 6.80. The molecule has 0 radical (unpaired) electrons. The smallest absolute Gasteiger partial charge is 0.254 e. The van der Waals surface area contributed by atoms with E-state index in [4.69, 9.17) is 0 Å². The van der Waals surface area contributed by atoms with Gasteiger partial charge in [0.25, 0.3) is 5.78 Å². The van der Waals surface area contributed by atoms with Crippen LogP contribution in [0.5, 0.6) is 0 Å². The molecule has 0 aliphatic carbocycles. The Kier molecular flexibility index (Phi) is 4.36. The summed E-state index contributed by atoms with van der Waals surface area (Å²) in [4.78, 5) is 13.7. The molecule has 1 fully saturated rings. The molecule has 0 bridgehead atoms. The Morgan fingerprint density at radius 1 is 1.16 bits per heavy atom. The molecule has 1 aliphatic heterocycles. The Hall–Kier alpha value is -2.47. The van der Waals surface area contributed by atoms with E-state index >= 15 is 0 Å². The predicted molar refractivity (Wildman–Crippen MR) is 99.7 cm³/mol. The van der Waals surface area contributed by atoms with Crippen molar-refractivity contribution in [2.75, 3.05) is 38.6 Å². The summed E-state index contributed by atoms with van der Waals surface area (Å²) in [7, 11) is 4.34. The predicted octanol–water partition coefficient (Wildman–Crippen LogP) is 2.57. The van der Waals surface area contributed by atoms with Gasteiger partial charge in [-0.25, -0.2) is 4.98 Å². The van der Waals surface area contributed by atoms with Crippen LogP contribution in [0.1, 0.15) is 12.8 Å². The average molecular weight is 336 g/mol. The van der Waals surface area contributed by atoms with Crippen LogP contribution in [-0.4, -0.2) is 58.2 Å². The lowest BCUT2D eigenvalue weighted by Gasteiger charge is -2.32. The monoisotopic (exact) mass is 336 g/mol. The first kappa shape index (κ1) is 16.0. The van der Waals surface area contributed by atoms with Crippen LogP contribution in [0.2, 0.25) is 0 Å². The number of hydrogen-bond donors (Lipinski definition) is 0. The number of likely N-dealkylation sites (tertiary alicyclic amines) is 1. The topological polar surface area (TPSA) is 49.6 Å². The van der Waals surface area contributed by atoms with Crippen molar-refractivity contribution in [1.29, 1.82) is 0 Å². The third-order valence-electron chi connectivity index (χ3n) is 5.06. The average Bonchev–Trinajstić information content (AvgIpc) is 3.12. The fourth-order valence-corrected chi connectivity index (χ4v) is 3.55. The number of piperidine rings is 1. The van der Waals surface area contributed by atoms with Gasteiger partial charge in [-0.1, -0.05) is 30.3 Å². The summed E-state index contributed by atoms with van der Waals surface area (Å²) >= 11 is 0. The minimum absolute atomic E-state index is 0.645. The normalized spacial score (nSPS) is 16.4. The van der Waals surface area contributed by atoms with Crippen LogP contribution in [0.3, 0.4) is 0 Å². The summed E-state index contributed by atoms with van der Waals surface area (Å²) in [6.45, 7) is 3.40. The molecule has 3 heterocycles. The van der Waals surface area contributed by atoms with Crippen LogP contribution >= 0.6 is 0 Å². The molecule has 25 heavy (non-hydrogen) atoms. The summed E-state index contributed by atoms with van der Waals surface area (Å²) in [5, 5.41) is 4.37. The van der Waals surface area contributed by atoms with Crippen LogP contribution in [0, 0.1) is 5.92 Å². The van der Waals surface area contributed by atoms with Gasteiger partial charge in [0.1, 0.15) is 12.1 Å².